The summed E-state index contributed by atoms with van der Waals surface area (Å²) >= 11 is 0. The Morgan fingerprint density at radius 1 is 0.913 bits per heavy atom. The zero-order chi connectivity index (χ0) is 32.2. The Labute approximate surface area is 267 Å². The zero-order valence-electron chi connectivity index (χ0n) is 26.3. The van der Waals surface area contributed by atoms with Crippen LogP contribution >= 0.6 is 0 Å². The number of amides is 3. The molecule has 3 aromatic carbocycles. The SMILES string of the molecule is COc1cc2c(Oc3ccc(N4C(=O)CN(Cc5ccc(C)c(C)c5)C4=O)cc3F)ccnc2cc1OCCCN1CCOCC1. The van der Waals surface area contributed by atoms with E-state index in [-0.39, 0.29) is 24.5 Å². The van der Waals surface area contributed by atoms with Crippen molar-refractivity contribution in [2.75, 3.05) is 58.0 Å². The van der Waals surface area contributed by atoms with E-state index < -0.39 is 17.8 Å². The molecule has 2 saturated heterocycles. The highest BCUT2D eigenvalue weighted by atomic mass is 19.1. The standard InChI is InChI=1S/C35H37FN4O6/c1-23-5-6-25(17-24(23)2)21-39-22-34(41)40(35(39)42)26-7-8-31(28(36)18-26)46-30-9-10-37-29-20-33(32(43-3)19-27(29)30)45-14-4-11-38-12-15-44-16-13-38/h5-10,17-20H,4,11-16,21-22H2,1-3H3. The van der Waals surface area contributed by atoms with Crippen LogP contribution in [-0.2, 0) is 16.1 Å². The van der Waals surface area contributed by atoms with Crippen LogP contribution in [0.3, 0.4) is 0 Å². The van der Waals surface area contributed by atoms with Gasteiger partial charge in [-0.05, 0) is 61.2 Å². The monoisotopic (exact) mass is 628 g/mol. The minimum atomic E-state index is -0.720. The molecule has 2 aliphatic rings. The molecule has 240 valence electrons. The van der Waals surface area contributed by atoms with Crippen molar-refractivity contribution in [1.82, 2.24) is 14.8 Å². The number of methoxy groups -OCH3 is 1. The van der Waals surface area contributed by atoms with Crippen molar-refractivity contribution < 1.29 is 32.9 Å². The first-order chi connectivity index (χ1) is 22.3. The average molecular weight is 629 g/mol. The highest BCUT2D eigenvalue weighted by Crippen LogP contribution is 2.38. The van der Waals surface area contributed by atoms with Crippen LogP contribution in [0.2, 0.25) is 0 Å². The van der Waals surface area contributed by atoms with Crippen LogP contribution in [0.1, 0.15) is 23.1 Å². The zero-order valence-corrected chi connectivity index (χ0v) is 26.3. The molecule has 46 heavy (non-hydrogen) atoms. The first-order valence-corrected chi connectivity index (χ1v) is 15.4. The number of pyridine rings is 1. The largest absolute Gasteiger partial charge is 0.493 e. The predicted molar refractivity (Wildman–Crippen MR) is 171 cm³/mol. The second-order valence-electron chi connectivity index (χ2n) is 11.5. The normalized spacial score (nSPS) is 15.6. The molecule has 1 aromatic heterocycles. The van der Waals surface area contributed by atoms with Crippen LogP contribution in [0.15, 0.2) is 60.8 Å². The molecule has 0 bridgehead atoms. The Kier molecular flexibility index (Phi) is 9.32. The highest BCUT2D eigenvalue weighted by Gasteiger charge is 2.37. The molecule has 2 fully saturated rings. The summed E-state index contributed by atoms with van der Waals surface area (Å²) in [4.78, 5) is 35.3. The summed E-state index contributed by atoms with van der Waals surface area (Å²) in [6, 6.07) is 14.7. The number of hydrogen-bond acceptors (Lipinski definition) is 8. The molecule has 0 saturated carbocycles. The van der Waals surface area contributed by atoms with E-state index in [9.17, 15) is 9.59 Å². The van der Waals surface area contributed by atoms with Gasteiger partial charge in [-0.2, -0.15) is 0 Å². The number of halogens is 1. The van der Waals surface area contributed by atoms with Gasteiger partial charge < -0.3 is 23.8 Å². The van der Waals surface area contributed by atoms with Crippen molar-refractivity contribution in [3.8, 4) is 23.0 Å². The lowest BCUT2D eigenvalue weighted by Gasteiger charge is -2.26. The van der Waals surface area contributed by atoms with Gasteiger partial charge in [0, 0.05) is 49.9 Å². The van der Waals surface area contributed by atoms with E-state index in [1.54, 1.807) is 31.5 Å². The molecular weight excluding hydrogens is 591 g/mol. The molecule has 3 amide bonds. The van der Waals surface area contributed by atoms with Gasteiger partial charge >= 0.3 is 6.03 Å². The van der Waals surface area contributed by atoms with E-state index in [1.807, 2.05) is 32.0 Å². The molecule has 0 aliphatic carbocycles. The second-order valence-corrected chi connectivity index (χ2v) is 11.5. The van der Waals surface area contributed by atoms with Crippen molar-refractivity contribution in [2.45, 2.75) is 26.8 Å². The lowest BCUT2D eigenvalue weighted by Crippen LogP contribution is -2.37. The van der Waals surface area contributed by atoms with Gasteiger partial charge in [0.25, 0.3) is 5.91 Å². The second kappa shape index (κ2) is 13.7. The minimum absolute atomic E-state index is 0.0651. The number of rotatable bonds is 11. The number of morpholine rings is 1. The number of urea groups is 1. The quantitative estimate of drug-likeness (QED) is 0.151. The Morgan fingerprint density at radius 3 is 2.50 bits per heavy atom. The van der Waals surface area contributed by atoms with Gasteiger partial charge in [-0.15, -0.1) is 0 Å². The number of aryl methyl sites for hydroxylation is 2. The van der Waals surface area contributed by atoms with Crippen LogP contribution < -0.4 is 19.1 Å². The number of imide groups is 1. The Balaban J connectivity index is 1.14. The molecule has 0 spiro atoms. The van der Waals surface area contributed by atoms with E-state index in [0.717, 1.165) is 66.9 Å². The number of carbonyl (C=O) groups is 2. The first kappa shape index (κ1) is 31.3. The molecule has 10 nitrogen and oxygen atoms in total. The number of carbonyl (C=O) groups excluding carboxylic acids is 2. The summed E-state index contributed by atoms with van der Waals surface area (Å²) < 4.78 is 38.5. The summed E-state index contributed by atoms with van der Waals surface area (Å²) in [5.41, 5.74) is 3.91. The Bertz CT molecular complexity index is 1760. The number of ether oxygens (including phenoxy) is 4. The van der Waals surface area contributed by atoms with Crippen LogP contribution in [0.25, 0.3) is 10.9 Å². The maximum absolute atomic E-state index is 15.4. The highest BCUT2D eigenvalue weighted by molar-refractivity contribution is 6.19. The van der Waals surface area contributed by atoms with E-state index in [2.05, 4.69) is 9.88 Å². The van der Waals surface area contributed by atoms with Crippen LogP contribution in [-0.4, -0.2) is 79.8 Å². The van der Waals surface area contributed by atoms with Crippen LogP contribution in [0, 0.1) is 19.7 Å². The van der Waals surface area contributed by atoms with Crippen molar-refractivity contribution in [3.63, 3.8) is 0 Å². The predicted octanol–water partition coefficient (Wildman–Crippen LogP) is 5.86. The summed E-state index contributed by atoms with van der Waals surface area (Å²) in [7, 11) is 1.56. The molecule has 4 aromatic rings. The van der Waals surface area contributed by atoms with Crippen LogP contribution in [0.4, 0.5) is 14.9 Å². The lowest BCUT2D eigenvalue weighted by atomic mass is 10.1. The van der Waals surface area contributed by atoms with E-state index in [1.165, 1.54) is 17.0 Å². The number of nitrogens with zero attached hydrogens (tertiary/aromatic N) is 4. The van der Waals surface area contributed by atoms with Crippen LogP contribution in [0.5, 0.6) is 23.0 Å². The van der Waals surface area contributed by atoms with E-state index in [0.29, 0.717) is 34.8 Å². The summed E-state index contributed by atoms with van der Waals surface area (Å²) in [6.07, 6.45) is 2.43. The number of aromatic nitrogens is 1. The maximum atomic E-state index is 15.4. The van der Waals surface area contributed by atoms with Gasteiger partial charge in [0.15, 0.2) is 23.1 Å². The fourth-order valence-electron chi connectivity index (χ4n) is 5.66. The summed E-state index contributed by atoms with van der Waals surface area (Å²) in [6.45, 7) is 9.02. The maximum Gasteiger partial charge on any atom is 0.332 e. The van der Waals surface area contributed by atoms with E-state index >= 15 is 4.39 Å². The van der Waals surface area contributed by atoms with E-state index in [4.69, 9.17) is 18.9 Å². The van der Waals surface area contributed by atoms with Crippen molar-refractivity contribution >= 4 is 28.5 Å². The smallest absolute Gasteiger partial charge is 0.332 e. The molecule has 0 N–H and O–H groups in total. The third-order valence-corrected chi connectivity index (χ3v) is 8.34. The van der Waals surface area contributed by atoms with Gasteiger partial charge in [0.05, 0.1) is 38.1 Å². The molecule has 0 unspecified atom stereocenters. The van der Waals surface area contributed by atoms with Gasteiger partial charge in [-0.25, -0.2) is 14.1 Å². The van der Waals surface area contributed by atoms with Gasteiger partial charge in [0.1, 0.15) is 12.3 Å². The minimum Gasteiger partial charge on any atom is -0.493 e. The number of hydrogen-bond donors (Lipinski definition) is 0. The molecular formula is C35H37FN4O6. The molecule has 0 atom stereocenters. The van der Waals surface area contributed by atoms with Gasteiger partial charge in [-0.3, -0.25) is 14.7 Å². The van der Waals surface area contributed by atoms with Crippen molar-refractivity contribution in [1.29, 1.82) is 0 Å². The number of anilines is 1. The van der Waals surface area contributed by atoms with Crippen molar-refractivity contribution in [2.24, 2.45) is 0 Å². The van der Waals surface area contributed by atoms with Crippen molar-refractivity contribution in [3.05, 3.63) is 83.3 Å². The molecule has 0 radical (unpaired) electrons. The lowest BCUT2D eigenvalue weighted by molar-refractivity contribution is -0.116. The average Bonchev–Trinajstić information content (AvgIpc) is 3.33. The van der Waals surface area contributed by atoms with Gasteiger partial charge in [0.2, 0.25) is 0 Å². The summed E-state index contributed by atoms with van der Waals surface area (Å²) in [5, 5.41) is 0.607. The fourth-order valence-corrected chi connectivity index (χ4v) is 5.66. The molecule has 6 rings (SSSR count). The third kappa shape index (κ3) is 6.75. The van der Waals surface area contributed by atoms with Gasteiger partial charge in [-0.1, -0.05) is 18.2 Å². The number of fused-ring (bicyclic) bond motifs is 1. The Morgan fingerprint density at radius 2 is 1.74 bits per heavy atom. The molecule has 2 aliphatic heterocycles. The topological polar surface area (TPSA) is 93.7 Å². The first-order valence-electron chi connectivity index (χ1n) is 15.4. The fraction of sp³-hybridized carbons (Fsp3) is 0.343. The molecule has 3 heterocycles. The summed E-state index contributed by atoms with van der Waals surface area (Å²) in [5.74, 6) is 0.218. The molecule has 11 heteroatoms. The third-order valence-electron chi connectivity index (χ3n) is 8.34. The Hall–Kier alpha value is -4.74. The number of benzene rings is 3.